The Labute approximate surface area is 97.9 Å². The highest BCUT2D eigenvalue weighted by molar-refractivity contribution is 5.27. The molecular weight excluding hydrogens is 198 g/mol. The quantitative estimate of drug-likeness (QED) is 0.843. The number of β-amino-alcohol motifs (C(OH)–C–C–N with tert-alkyl or cyclic N) is 1. The van der Waals surface area contributed by atoms with Gasteiger partial charge in [-0.1, -0.05) is 31.2 Å². The molecule has 0 radical (unpaired) electrons. The minimum Gasteiger partial charge on any atom is -0.387 e. The van der Waals surface area contributed by atoms with Crippen molar-refractivity contribution < 1.29 is 5.11 Å². The number of aliphatic hydroxyl groups is 1. The summed E-state index contributed by atoms with van der Waals surface area (Å²) in [5.74, 6) is 0.782. The first-order chi connectivity index (χ1) is 7.66. The molecule has 2 unspecified atom stereocenters. The summed E-state index contributed by atoms with van der Waals surface area (Å²) >= 11 is 0. The fourth-order valence-electron chi connectivity index (χ4n) is 2.50. The van der Waals surface area contributed by atoms with Gasteiger partial charge in [-0.2, -0.15) is 0 Å². The van der Waals surface area contributed by atoms with Gasteiger partial charge >= 0.3 is 0 Å². The molecule has 0 aliphatic carbocycles. The smallest absolute Gasteiger partial charge is 0.0919 e. The van der Waals surface area contributed by atoms with Crippen molar-refractivity contribution in [2.24, 2.45) is 5.92 Å². The van der Waals surface area contributed by atoms with Crippen molar-refractivity contribution in [3.8, 4) is 0 Å². The summed E-state index contributed by atoms with van der Waals surface area (Å²) in [6.45, 7) is 7.37. The van der Waals surface area contributed by atoms with Crippen LogP contribution in [0.4, 0.5) is 0 Å². The molecule has 1 saturated heterocycles. The predicted molar refractivity (Wildman–Crippen MR) is 66.4 cm³/mol. The molecule has 1 aliphatic heterocycles. The van der Waals surface area contributed by atoms with Crippen LogP contribution in [0.3, 0.4) is 0 Å². The second kappa shape index (κ2) is 4.98. The van der Waals surface area contributed by atoms with Crippen molar-refractivity contribution in [2.45, 2.75) is 26.4 Å². The number of rotatable bonds is 3. The highest BCUT2D eigenvalue weighted by Gasteiger charge is 2.21. The molecule has 0 saturated carbocycles. The molecular formula is C14H21NO. The van der Waals surface area contributed by atoms with Gasteiger partial charge in [0, 0.05) is 13.1 Å². The van der Waals surface area contributed by atoms with Gasteiger partial charge in [-0.05, 0) is 36.9 Å². The van der Waals surface area contributed by atoms with Crippen LogP contribution < -0.4 is 0 Å². The zero-order chi connectivity index (χ0) is 11.5. The third kappa shape index (κ3) is 2.63. The minimum absolute atomic E-state index is 0.341. The van der Waals surface area contributed by atoms with Gasteiger partial charge in [0.25, 0.3) is 0 Å². The van der Waals surface area contributed by atoms with Crippen LogP contribution in [-0.2, 0) is 0 Å². The van der Waals surface area contributed by atoms with Crippen LogP contribution in [0.25, 0.3) is 0 Å². The maximum absolute atomic E-state index is 10.2. The third-order valence-corrected chi connectivity index (χ3v) is 3.49. The molecule has 1 aliphatic rings. The number of nitrogens with zero attached hydrogens (tertiary/aromatic N) is 1. The fourth-order valence-corrected chi connectivity index (χ4v) is 2.50. The second-order valence-corrected chi connectivity index (χ2v) is 5.03. The largest absolute Gasteiger partial charge is 0.387 e. The predicted octanol–water partition coefficient (Wildman–Crippen LogP) is 2.37. The van der Waals surface area contributed by atoms with E-state index in [9.17, 15) is 5.11 Å². The van der Waals surface area contributed by atoms with Crippen molar-refractivity contribution in [2.75, 3.05) is 19.6 Å². The van der Waals surface area contributed by atoms with E-state index in [0.29, 0.717) is 0 Å². The van der Waals surface area contributed by atoms with Gasteiger partial charge in [-0.15, -0.1) is 0 Å². The topological polar surface area (TPSA) is 23.5 Å². The molecule has 0 aromatic heterocycles. The molecule has 0 spiro atoms. The molecule has 2 atom stereocenters. The van der Waals surface area contributed by atoms with Crippen LogP contribution in [0.1, 0.15) is 30.6 Å². The first kappa shape index (κ1) is 11.6. The normalized spacial score (nSPS) is 23.6. The van der Waals surface area contributed by atoms with Gasteiger partial charge in [0.15, 0.2) is 0 Å². The van der Waals surface area contributed by atoms with E-state index in [4.69, 9.17) is 0 Å². The van der Waals surface area contributed by atoms with Crippen LogP contribution in [0.5, 0.6) is 0 Å². The summed E-state index contributed by atoms with van der Waals surface area (Å²) in [5.41, 5.74) is 2.25. The van der Waals surface area contributed by atoms with Gasteiger partial charge in [-0.3, -0.25) is 0 Å². The van der Waals surface area contributed by atoms with Crippen molar-refractivity contribution in [3.05, 3.63) is 35.4 Å². The number of hydrogen-bond donors (Lipinski definition) is 1. The van der Waals surface area contributed by atoms with Crippen LogP contribution in [0, 0.1) is 12.8 Å². The first-order valence-corrected chi connectivity index (χ1v) is 6.13. The average molecular weight is 219 g/mol. The standard InChI is InChI=1S/C14H21NO/c1-11-7-8-15(9-11)10-14(16)13-6-4-3-5-12(13)2/h3-6,11,14,16H,7-10H2,1-2H3. The fraction of sp³-hybridized carbons (Fsp3) is 0.571. The molecule has 1 aromatic carbocycles. The van der Waals surface area contributed by atoms with E-state index in [0.717, 1.165) is 31.1 Å². The monoisotopic (exact) mass is 219 g/mol. The van der Waals surface area contributed by atoms with Crippen molar-refractivity contribution in [1.29, 1.82) is 0 Å². The van der Waals surface area contributed by atoms with Gasteiger partial charge in [0.1, 0.15) is 0 Å². The van der Waals surface area contributed by atoms with Gasteiger partial charge in [-0.25, -0.2) is 0 Å². The summed E-state index contributed by atoms with van der Waals surface area (Å²) in [5, 5.41) is 10.2. The van der Waals surface area contributed by atoms with E-state index in [1.165, 1.54) is 12.0 Å². The van der Waals surface area contributed by atoms with Crippen LogP contribution in [0.15, 0.2) is 24.3 Å². The van der Waals surface area contributed by atoms with Gasteiger partial charge in [0.05, 0.1) is 6.10 Å². The maximum Gasteiger partial charge on any atom is 0.0919 e. The SMILES string of the molecule is Cc1ccccc1C(O)CN1CCC(C)C1. The Morgan fingerprint density at radius 3 is 2.81 bits per heavy atom. The van der Waals surface area contributed by atoms with E-state index >= 15 is 0 Å². The molecule has 0 bridgehead atoms. The molecule has 1 fully saturated rings. The van der Waals surface area contributed by atoms with E-state index in [1.807, 2.05) is 18.2 Å². The van der Waals surface area contributed by atoms with Crippen molar-refractivity contribution >= 4 is 0 Å². The Morgan fingerprint density at radius 2 is 2.19 bits per heavy atom. The Hall–Kier alpha value is -0.860. The Morgan fingerprint density at radius 1 is 1.44 bits per heavy atom. The first-order valence-electron chi connectivity index (χ1n) is 6.13. The number of likely N-dealkylation sites (tertiary alicyclic amines) is 1. The Balaban J connectivity index is 1.98. The Bertz CT molecular complexity index is 350. The summed E-state index contributed by atoms with van der Waals surface area (Å²) < 4.78 is 0. The third-order valence-electron chi connectivity index (χ3n) is 3.49. The van der Waals surface area contributed by atoms with Crippen molar-refractivity contribution in [3.63, 3.8) is 0 Å². The maximum atomic E-state index is 10.2. The zero-order valence-electron chi connectivity index (χ0n) is 10.2. The highest BCUT2D eigenvalue weighted by atomic mass is 16.3. The lowest BCUT2D eigenvalue weighted by Gasteiger charge is -2.21. The van der Waals surface area contributed by atoms with Gasteiger partial charge < -0.3 is 10.0 Å². The van der Waals surface area contributed by atoms with Crippen LogP contribution in [0.2, 0.25) is 0 Å². The zero-order valence-corrected chi connectivity index (χ0v) is 10.2. The molecule has 16 heavy (non-hydrogen) atoms. The molecule has 1 N–H and O–H groups in total. The minimum atomic E-state index is -0.341. The lowest BCUT2D eigenvalue weighted by Crippen LogP contribution is -2.26. The van der Waals surface area contributed by atoms with Gasteiger partial charge in [0.2, 0.25) is 0 Å². The molecule has 2 nitrogen and oxygen atoms in total. The van der Waals surface area contributed by atoms with Crippen molar-refractivity contribution in [1.82, 2.24) is 4.90 Å². The Kier molecular flexibility index (Phi) is 3.62. The highest BCUT2D eigenvalue weighted by Crippen LogP contribution is 2.22. The number of aliphatic hydroxyl groups excluding tert-OH is 1. The van der Waals surface area contributed by atoms with Crippen LogP contribution in [-0.4, -0.2) is 29.6 Å². The van der Waals surface area contributed by atoms with Crippen LogP contribution >= 0.6 is 0 Å². The molecule has 1 aromatic rings. The molecule has 2 rings (SSSR count). The summed E-state index contributed by atoms with van der Waals surface area (Å²) in [6, 6.07) is 8.10. The molecule has 2 heteroatoms. The second-order valence-electron chi connectivity index (χ2n) is 5.03. The number of hydrogen-bond acceptors (Lipinski definition) is 2. The summed E-state index contributed by atoms with van der Waals surface area (Å²) in [6.07, 6.45) is 0.923. The lowest BCUT2D eigenvalue weighted by molar-refractivity contribution is 0.124. The molecule has 88 valence electrons. The molecule has 1 heterocycles. The lowest BCUT2D eigenvalue weighted by atomic mass is 10.0. The van der Waals surface area contributed by atoms with E-state index in [-0.39, 0.29) is 6.10 Å². The number of benzene rings is 1. The summed E-state index contributed by atoms with van der Waals surface area (Å²) in [4.78, 5) is 2.36. The van der Waals surface area contributed by atoms with E-state index < -0.39 is 0 Å². The molecule has 0 amide bonds. The number of aryl methyl sites for hydroxylation is 1. The van der Waals surface area contributed by atoms with E-state index in [1.54, 1.807) is 0 Å². The average Bonchev–Trinajstić information content (AvgIpc) is 2.64. The van der Waals surface area contributed by atoms with E-state index in [2.05, 4.69) is 24.8 Å². The summed E-state index contributed by atoms with van der Waals surface area (Å²) in [7, 11) is 0.